The zero-order valence-corrected chi connectivity index (χ0v) is 15.3. The molecule has 2 aromatic heterocycles. The van der Waals surface area contributed by atoms with Crippen molar-refractivity contribution in [3.63, 3.8) is 0 Å². The number of aromatic nitrogens is 1. The minimum atomic E-state index is -4.99. The molecular formula is C16H11F3N2O5S2. The van der Waals surface area contributed by atoms with Crippen molar-refractivity contribution in [3.8, 4) is 0 Å². The van der Waals surface area contributed by atoms with Crippen molar-refractivity contribution < 1.29 is 30.9 Å². The molecule has 0 aliphatic rings. The van der Waals surface area contributed by atoms with Crippen LogP contribution in [-0.4, -0.2) is 23.4 Å². The molecule has 1 aromatic carbocycles. The van der Waals surface area contributed by atoms with Gasteiger partial charge in [-0.25, -0.2) is 0 Å². The number of primary amides is 1. The molecule has 2 heterocycles. The molecule has 0 spiro atoms. The summed E-state index contributed by atoms with van der Waals surface area (Å²) < 4.78 is 73.0. The number of alkyl halides is 3. The van der Waals surface area contributed by atoms with Crippen LogP contribution in [0.15, 0.2) is 51.5 Å². The van der Waals surface area contributed by atoms with E-state index < -0.39 is 49.6 Å². The fraction of sp³-hybridized carbons (Fsp3) is 0.125. The summed E-state index contributed by atoms with van der Waals surface area (Å²) in [5.41, 5.74) is 2.49. The van der Waals surface area contributed by atoms with Crippen molar-refractivity contribution in [3.05, 3.63) is 62.6 Å². The predicted molar refractivity (Wildman–Crippen MR) is 94.7 cm³/mol. The van der Waals surface area contributed by atoms with Crippen LogP contribution in [0, 0.1) is 0 Å². The second-order valence-electron chi connectivity index (χ2n) is 5.74. The Morgan fingerprint density at radius 1 is 1.21 bits per heavy atom. The quantitative estimate of drug-likeness (QED) is 0.614. The standard InChI is InChI=1S/C16H11F3N2O5S2/c17-16(18,19)10-7-13(22)21(14(15(20)23)12-2-1-5-27-12)11-4-3-8(6-9(10)11)28(24,25)26/h1-7,14H,(H2,20,23)(H,24,25,26). The van der Waals surface area contributed by atoms with Gasteiger partial charge in [-0.3, -0.25) is 18.7 Å². The summed E-state index contributed by atoms with van der Waals surface area (Å²) in [6.45, 7) is 0. The number of halogens is 3. The van der Waals surface area contributed by atoms with Crippen LogP contribution in [0.25, 0.3) is 10.9 Å². The number of hydrogen-bond acceptors (Lipinski definition) is 5. The number of carbonyl (C=O) groups excluding carboxylic acids is 1. The van der Waals surface area contributed by atoms with E-state index in [-0.39, 0.29) is 11.6 Å². The first-order chi connectivity index (χ1) is 12.9. The Bertz CT molecular complexity index is 1230. The molecule has 7 nitrogen and oxygen atoms in total. The molecule has 0 aliphatic heterocycles. The Kier molecular flexibility index (Phi) is 4.81. The largest absolute Gasteiger partial charge is 0.417 e. The molecule has 0 bridgehead atoms. The summed E-state index contributed by atoms with van der Waals surface area (Å²) >= 11 is 1.07. The van der Waals surface area contributed by atoms with E-state index in [1.165, 1.54) is 6.07 Å². The van der Waals surface area contributed by atoms with Gasteiger partial charge in [0.05, 0.1) is 16.0 Å². The van der Waals surface area contributed by atoms with Crippen LogP contribution in [0.3, 0.4) is 0 Å². The molecule has 3 aromatic rings. The molecule has 3 rings (SSSR count). The molecule has 28 heavy (non-hydrogen) atoms. The minimum absolute atomic E-state index is 0.264. The van der Waals surface area contributed by atoms with Crippen LogP contribution in [-0.2, 0) is 21.1 Å². The molecular weight excluding hydrogens is 421 g/mol. The first-order valence-electron chi connectivity index (χ1n) is 7.48. The minimum Gasteiger partial charge on any atom is -0.368 e. The van der Waals surface area contributed by atoms with Crippen LogP contribution in [0.1, 0.15) is 16.5 Å². The summed E-state index contributed by atoms with van der Waals surface area (Å²) in [5.74, 6) is -0.982. The van der Waals surface area contributed by atoms with Gasteiger partial charge in [0, 0.05) is 16.3 Å². The second-order valence-corrected chi connectivity index (χ2v) is 8.14. The molecule has 0 fully saturated rings. The first-order valence-corrected chi connectivity index (χ1v) is 9.80. The summed E-state index contributed by atoms with van der Waals surface area (Å²) in [7, 11) is -4.80. The smallest absolute Gasteiger partial charge is 0.368 e. The summed E-state index contributed by atoms with van der Waals surface area (Å²) in [5, 5.41) is 0.920. The van der Waals surface area contributed by atoms with E-state index in [1.54, 1.807) is 11.4 Å². The normalized spacial score (nSPS) is 13.6. The highest BCUT2D eigenvalue weighted by Crippen LogP contribution is 2.36. The van der Waals surface area contributed by atoms with Crippen LogP contribution < -0.4 is 11.3 Å². The Morgan fingerprint density at radius 2 is 1.89 bits per heavy atom. The van der Waals surface area contributed by atoms with Crippen molar-refractivity contribution in [1.82, 2.24) is 4.57 Å². The van der Waals surface area contributed by atoms with E-state index in [4.69, 9.17) is 10.3 Å². The third-order valence-electron chi connectivity index (χ3n) is 3.97. The number of carbonyl (C=O) groups is 1. The van der Waals surface area contributed by atoms with Crippen LogP contribution in [0.2, 0.25) is 0 Å². The number of hydrogen-bond donors (Lipinski definition) is 2. The first kappa shape index (κ1) is 20.0. The van der Waals surface area contributed by atoms with Gasteiger partial charge in [0.1, 0.15) is 6.04 Å². The van der Waals surface area contributed by atoms with Gasteiger partial charge in [-0.1, -0.05) is 6.07 Å². The van der Waals surface area contributed by atoms with Crippen LogP contribution in [0.5, 0.6) is 0 Å². The highest BCUT2D eigenvalue weighted by molar-refractivity contribution is 7.85. The van der Waals surface area contributed by atoms with Crippen LogP contribution in [0.4, 0.5) is 13.2 Å². The lowest BCUT2D eigenvalue weighted by Crippen LogP contribution is -2.35. The van der Waals surface area contributed by atoms with Gasteiger partial charge < -0.3 is 5.73 Å². The predicted octanol–water partition coefficient (Wildman–Crippen LogP) is 2.40. The highest BCUT2D eigenvalue weighted by atomic mass is 32.2. The average Bonchev–Trinajstić information content (AvgIpc) is 3.08. The van der Waals surface area contributed by atoms with Gasteiger partial charge in [0.25, 0.3) is 15.7 Å². The molecule has 1 atom stereocenters. The molecule has 148 valence electrons. The lowest BCUT2D eigenvalue weighted by molar-refractivity contribution is -0.136. The molecule has 1 unspecified atom stereocenters. The van der Waals surface area contributed by atoms with Crippen molar-refractivity contribution in [1.29, 1.82) is 0 Å². The van der Waals surface area contributed by atoms with Gasteiger partial charge in [0.15, 0.2) is 0 Å². The van der Waals surface area contributed by atoms with E-state index >= 15 is 0 Å². The summed E-state index contributed by atoms with van der Waals surface area (Å²) in [4.78, 5) is 24.1. The Labute approximate surface area is 159 Å². The number of pyridine rings is 1. The molecule has 3 N–H and O–H groups in total. The van der Waals surface area contributed by atoms with E-state index in [1.807, 2.05) is 0 Å². The van der Waals surface area contributed by atoms with E-state index in [9.17, 15) is 31.2 Å². The third-order valence-corrected chi connectivity index (χ3v) is 5.74. The SMILES string of the molecule is NC(=O)C(c1cccs1)n1c(=O)cc(C(F)(F)F)c2cc(S(=O)(=O)O)ccc21. The Morgan fingerprint density at radius 3 is 2.39 bits per heavy atom. The van der Waals surface area contributed by atoms with Gasteiger partial charge >= 0.3 is 6.18 Å². The molecule has 12 heteroatoms. The molecule has 0 aliphatic carbocycles. The van der Waals surface area contributed by atoms with Crippen LogP contribution >= 0.6 is 11.3 Å². The summed E-state index contributed by atoms with van der Waals surface area (Å²) in [6, 6.07) is 4.27. The number of nitrogens with zero attached hydrogens (tertiary/aromatic N) is 1. The third kappa shape index (κ3) is 3.53. The van der Waals surface area contributed by atoms with Crippen molar-refractivity contribution in [2.45, 2.75) is 17.1 Å². The fourth-order valence-corrected chi connectivity index (χ4v) is 4.16. The van der Waals surface area contributed by atoms with E-state index in [2.05, 4.69) is 0 Å². The van der Waals surface area contributed by atoms with Gasteiger partial charge in [-0.2, -0.15) is 21.6 Å². The lowest BCUT2D eigenvalue weighted by atomic mass is 10.1. The Hall–Kier alpha value is -2.70. The molecule has 0 saturated heterocycles. The van der Waals surface area contributed by atoms with Crippen molar-refractivity contribution in [2.75, 3.05) is 0 Å². The average molecular weight is 432 g/mol. The number of thiophene rings is 1. The fourth-order valence-electron chi connectivity index (χ4n) is 2.83. The molecule has 0 saturated carbocycles. The topological polar surface area (TPSA) is 119 Å². The molecule has 0 radical (unpaired) electrons. The number of amides is 1. The van der Waals surface area contributed by atoms with E-state index in [0.717, 1.165) is 28.0 Å². The monoisotopic (exact) mass is 432 g/mol. The number of nitrogens with two attached hydrogens (primary N) is 1. The zero-order valence-electron chi connectivity index (χ0n) is 13.7. The highest BCUT2D eigenvalue weighted by Gasteiger charge is 2.36. The van der Waals surface area contributed by atoms with Crippen molar-refractivity contribution >= 4 is 38.3 Å². The number of benzene rings is 1. The summed E-state index contributed by atoms with van der Waals surface area (Å²) in [6.07, 6.45) is -4.99. The van der Waals surface area contributed by atoms with Gasteiger partial charge in [0.2, 0.25) is 5.91 Å². The van der Waals surface area contributed by atoms with Crippen molar-refractivity contribution in [2.24, 2.45) is 5.73 Å². The Balaban J connectivity index is 2.47. The van der Waals surface area contributed by atoms with E-state index in [0.29, 0.717) is 10.9 Å². The maximum atomic E-state index is 13.4. The molecule has 1 amide bonds. The lowest BCUT2D eigenvalue weighted by Gasteiger charge is -2.20. The maximum absolute atomic E-state index is 13.4. The maximum Gasteiger partial charge on any atom is 0.417 e. The van der Waals surface area contributed by atoms with Gasteiger partial charge in [-0.15, -0.1) is 11.3 Å². The number of fused-ring (bicyclic) bond motifs is 1. The zero-order chi connectivity index (χ0) is 20.9. The second kappa shape index (κ2) is 6.72. The number of rotatable bonds is 4. The van der Waals surface area contributed by atoms with Gasteiger partial charge in [-0.05, 0) is 29.6 Å².